The minimum Gasteiger partial charge on any atom is -0.471 e. The van der Waals surface area contributed by atoms with Gasteiger partial charge in [-0.1, -0.05) is 17.3 Å². The van der Waals surface area contributed by atoms with Gasteiger partial charge in [-0.2, -0.15) is 9.57 Å². The number of fused-ring (bicyclic) bond motifs is 1. The van der Waals surface area contributed by atoms with Crippen molar-refractivity contribution in [2.24, 2.45) is 0 Å². The Labute approximate surface area is 161 Å². The molecule has 1 saturated heterocycles. The second-order valence-electron chi connectivity index (χ2n) is 6.44. The molecule has 0 N–H and O–H groups in total. The van der Waals surface area contributed by atoms with Gasteiger partial charge in [-0.05, 0) is 25.0 Å². The van der Waals surface area contributed by atoms with E-state index in [0.29, 0.717) is 36.0 Å². The van der Waals surface area contributed by atoms with Crippen molar-refractivity contribution in [2.45, 2.75) is 24.7 Å². The highest BCUT2D eigenvalue weighted by molar-refractivity contribution is 7.88. The van der Waals surface area contributed by atoms with Gasteiger partial charge in [0, 0.05) is 24.3 Å². The van der Waals surface area contributed by atoms with E-state index in [1.807, 2.05) is 12.1 Å². The summed E-state index contributed by atoms with van der Waals surface area (Å²) >= 11 is 0. The molecule has 1 atom stereocenters. The van der Waals surface area contributed by atoms with Crippen LogP contribution in [0.1, 0.15) is 24.2 Å². The Hall–Kier alpha value is -3.03. The first kappa shape index (κ1) is 18.3. The SMILES string of the molecule is N#Cc1nccnc1OC1CCCN(S(=O)(=O)Cc2noc3ccccc23)C1. The van der Waals surface area contributed by atoms with E-state index in [2.05, 4.69) is 15.1 Å². The number of piperidine rings is 1. The van der Waals surface area contributed by atoms with Crippen molar-refractivity contribution in [1.29, 1.82) is 5.26 Å². The van der Waals surface area contributed by atoms with Gasteiger partial charge in [0.1, 0.15) is 23.6 Å². The number of nitriles is 1. The molecule has 1 fully saturated rings. The molecule has 144 valence electrons. The Morgan fingerprint density at radius 2 is 2.11 bits per heavy atom. The minimum absolute atomic E-state index is 0.0801. The Morgan fingerprint density at radius 3 is 2.96 bits per heavy atom. The molecule has 9 nitrogen and oxygen atoms in total. The average molecular weight is 399 g/mol. The predicted molar refractivity (Wildman–Crippen MR) is 98.6 cm³/mol. The van der Waals surface area contributed by atoms with Crippen LogP contribution in [0.3, 0.4) is 0 Å². The van der Waals surface area contributed by atoms with Crippen LogP contribution in [0.5, 0.6) is 5.88 Å². The highest BCUT2D eigenvalue weighted by Gasteiger charge is 2.32. The topological polar surface area (TPSA) is 122 Å². The molecule has 4 rings (SSSR count). The maximum Gasteiger partial charge on any atom is 0.251 e. The van der Waals surface area contributed by atoms with Crippen molar-refractivity contribution >= 4 is 21.0 Å². The molecular weight excluding hydrogens is 382 g/mol. The Balaban J connectivity index is 1.49. The molecule has 0 saturated carbocycles. The third-order valence-electron chi connectivity index (χ3n) is 4.55. The lowest BCUT2D eigenvalue weighted by Gasteiger charge is -2.31. The summed E-state index contributed by atoms with van der Waals surface area (Å²) in [5, 5.41) is 13.7. The number of ether oxygens (including phenoxy) is 1. The van der Waals surface area contributed by atoms with Crippen LogP contribution in [-0.4, -0.2) is 47.0 Å². The molecule has 1 unspecified atom stereocenters. The number of hydrogen-bond donors (Lipinski definition) is 0. The molecule has 10 heteroatoms. The van der Waals surface area contributed by atoms with E-state index in [1.54, 1.807) is 18.2 Å². The highest BCUT2D eigenvalue weighted by Crippen LogP contribution is 2.24. The molecule has 0 aliphatic carbocycles. The number of aromatic nitrogens is 3. The molecule has 28 heavy (non-hydrogen) atoms. The molecule has 3 aromatic rings. The standard InChI is InChI=1S/C18H17N5O4S/c19-10-15-18(21-8-7-20-15)26-13-4-3-9-23(11-13)28(24,25)12-16-14-5-1-2-6-17(14)27-22-16/h1-2,5-8,13H,3-4,9,11-12H2. The number of benzene rings is 1. The van der Waals surface area contributed by atoms with Gasteiger partial charge in [-0.3, -0.25) is 0 Å². The van der Waals surface area contributed by atoms with Gasteiger partial charge in [-0.15, -0.1) is 0 Å². The lowest BCUT2D eigenvalue weighted by atomic mass is 10.1. The molecule has 3 heterocycles. The van der Waals surface area contributed by atoms with Gasteiger partial charge in [0.15, 0.2) is 5.58 Å². The largest absolute Gasteiger partial charge is 0.471 e. The summed E-state index contributed by atoms with van der Waals surface area (Å²) in [4.78, 5) is 7.94. The molecule has 0 radical (unpaired) electrons. The zero-order valence-corrected chi connectivity index (χ0v) is 15.7. The van der Waals surface area contributed by atoms with E-state index in [9.17, 15) is 8.42 Å². The van der Waals surface area contributed by atoms with Crippen LogP contribution in [0.25, 0.3) is 11.0 Å². The zero-order chi connectivity index (χ0) is 19.6. The van der Waals surface area contributed by atoms with Crippen molar-refractivity contribution in [3.63, 3.8) is 0 Å². The van der Waals surface area contributed by atoms with Gasteiger partial charge >= 0.3 is 0 Å². The highest BCUT2D eigenvalue weighted by atomic mass is 32.2. The Morgan fingerprint density at radius 1 is 1.29 bits per heavy atom. The molecule has 2 aromatic heterocycles. The van der Waals surface area contributed by atoms with E-state index < -0.39 is 16.1 Å². The second kappa shape index (κ2) is 7.53. The van der Waals surface area contributed by atoms with Gasteiger partial charge in [-0.25, -0.2) is 18.4 Å². The molecule has 0 spiro atoms. The lowest BCUT2D eigenvalue weighted by molar-refractivity contribution is 0.123. The normalized spacial score (nSPS) is 18.0. The summed E-state index contributed by atoms with van der Waals surface area (Å²) in [5.74, 6) is -0.123. The summed E-state index contributed by atoms with van der Waals surface area (Å²) in [7, 11) is -3.61. The fraction of sp³-hybridized carbons (Fsp3) is 0.333. The summed E-state index contributed by atoms with van der Waals surface area (Å²) in [6, 6.07) is 9.08. The Bertz CT molecular complexity index is 1140. The van der Waals surface area contributed by atoms with Crippen LogP contribution in [-0.2, 0) is 15.8 Å². The fourth-order valence-corrected chi connectivity index (χ4v) is 4.74. The summed E-state index contributed by atoms with van der Waals surface area (Å²) < 4.78 is 38.2. The average Bonchev–Trinajstić information content (AvgIpc) is 3.11. The molecule has 0 amide bonds. The zero-order valence-electron chi connectivity index (χ0n) is 14.9. The minimum atomic E-state index is -3.61. The molecule has 0 bridgehead atoms. The quantitative estimate of drug-likeness (QED) is 0.637. The van der Waals surface area contributed by atoms with Gasteiger partial charge in [0.25, 0.3) is 5.88 Å². The first-order valence-corrected chi connectivity index (χ1v) is 10.4. The van der Waals surface area contributed by atoms with Crippen LogP contribution in [0, 0.1) is 11.3 Å². The van der Waals surface area contributed by atoms with Gasteiger partial charge in [0.2, 0.25) is 15.7 Å². The van der Waals surface area contributed by atoms with E-state index in [1.165, 1.54) is 16.7 Å². The third kappa shape index (κ3) is 3.67. The third-order valence-corrected chi connectivity index (χ3v) is 6.31. The molecule has 1 aliphatic heterocycles. The molecule has 1 aromatic carbocycles. The number of rotatable bonds is 5. The maximum absolute atomic E-state index is 12.9. The van der Waals surface area contributed by atoms with Gasteiger partial charge in [0.05, 0.1) is 6.54 Å². The van der Waals surface area contributed by atoms with E-state index in [0.717, 1.165) is 0 Å². The summed E-state index contributed by atoms with van der Waals surface area (Å²) in [6.45, 7) is 0.586. The van der Waals surface area contributed by atoms with E-state index in [-0.39, 0.29) is 23.9 Å². The van der Waals surface area contributed by atoms with Crippen LogP contribution < -0.4 is 4.74 Å². The van der Waals surface area contributed by atoms with Crippen LogP contribution >= 0.6 is 0 Å². The van der Waals surface area contributed by atoms with Crippen molar-refractivity contribution in [3.05, 3.63) is 48.0 Å². The Kier molecular flexibility index (Phi) is 4.93. The summed E-state index contributed by atoms with van der Waals surface area (Å²) in [6.07, 6.45) is 3.75. The fourth-order valence-electron chi connectivity index (χ4n) is 3.21. The van der Waals surface area contributed by atoms with E-state index in [4.69, 9.17) is 14.5 Å². The number of nitrogens with zero attached hydrogens (tertiary/aromatic N) is 5. The van der Waals surface area contributed by atoms with Crippen molar-refractivity contribution in [3.8, 4) is 11.9 Å². The van der Waals surface area contributed by atoms with Crippen LogP contribution in [0.4, 0.5) is 0 Å². The van der Waals surface area contributed by atoms with E-state index >= 15 is 0 Å². The van der Waals surface area contributed by atoms with Crippen molar-refractivity contribution in [2.75, 3.05) is 13.1 Å². The second-order valence-corrected chi connectivity index (χ2v) is 8.41. The first-order chi connectivity index (χ1) is 13.6. The maximum atomic E-state index is 12.9. The number of hydrogen-bond acceptors (Lipinski definition) is 8. The number of para-hydroxylation sites is 1. The molecular formula is C18H17N5O4S. The van der Waals surface area contributed by atoms with Crippen LogP contribution in [0.15, 0.2) is 41.2 Å². The first-order valence-electron chi connectivity index (χ1n) is 8.76. The van der Waals surface area contributed by atoms with Crippen molar-refractivity contribution in [1.82, 2.24) is 19.4 Å². The lowest BCUT2D eigenvalue weighted by Crippen LogP contribution is -2.44. The molecule has 1 aliphatic rings. The van der Waals surface area contributed by atoms with Gasteiger partial charge < -0.3 is 9.26 Å². The smallest absolute Gasteiger partial charge is 0.251 e. The van der Waals surface area contributed by atoms with Crippen LogP contribution in [0.2, 0.25) is 0 Å². The number of sulfonamides is 1. The van der Waals surface area contributed by atoms with Crippen molar-refractivity contribution < 1.29 is 17.7 Å². The monoisotopic (exact) mass is 399 g/mol. The summed E-state index contributed by atoms with van der Waals surface area (Å²) in [5.41, 5.74) is 1.02. The predicted octanol–water partition coefficient (Wildman–Crippen LogP) is 1.86.